The molecule has 0 unspecified atom stereocenters. The lowest BCUT2D eigenvalue weighted by atomic mass is 9.92. The number of rotatable bonds is 1. The molecule has 39 heavy (non-hydrogen) atoms. The largest absolute Gasteiger partial charge is 0.481 e. The molecule has 1 aliphatic rings. The lowest BCUT2D eigenvalue weighted by Gasteiger charge is -2.22. The maximum atomic E-state index is 9.54. The molecule has 3 aromatic carbocycles. The molecule has 1 aliphatic heterocycles. The van der Waals surface area contributed by atoms with Crippen molar-refractivity contribution in [1.29, 1.82) is 10.5 Å². The molecule has 0 atom stereocenters. The van der Waals surface area contributed by atoms with Gasteiger partial charge in [-0.05, 0) is 50.1 Å². The third kappa shape index (κ3) is 2.65. The molecule has 0 radical (unpaired) electrons. The second-order valence-corrected chi connectivity index (χ2v) is 12.8. The van der Waals surface area contributed by atoms with E-state index in [1.165, 1.54) is 68.0 Å². The Morgan fingerprint density at radius 3 is 2.41 bits per heavy atom. The van der Waals surface area contributed by atoms with Gasteiger partial charge in [0.1, 0.15) is 22.6 Å². The van der Waals surface area contributed by atoms with Crippen molar-refractivity contribution >= 4 is 85.8 Å². The topological polar surface area (TPSA) is 61.2 Å². The van der Waals surface area contributed by atoms with Gasteiger partial charge in [0.2, 0.25) is 0 Å². The Morgan fingerprint density at radius 1 is 0.846 bits per heavy atom. The van der Waals surface area contributed by atoms with Crippen LogP contribution in [0.1, 0.15) is 31.2 Å². The Labute approximate surface area is 232 Å². The van der Waals surface area contributed by atoms with E-state index < -0.39 is 5.60 Å². The van der Waals surface area contributed by atoms with Crippen LogP contribution in [0.3, 0.4) is 0 Å². The van der Waals surface area contributed by atoms with E-state index in [0.717, 1.165) is 11.1 Å². The van der Waals surface area contributed by atoms with Crippen LogP contribution in [-0.2, 0) is 4.74 Å². The molecular weight excluding hydrogens is 519 g/mol. The van der Waals surface area contributed by atoms with Crippen molar-refractivity contribution in [1.82, 2.24) is 4.40 Å². The summed E-state index contributed by atoms with van der Waals surface area (Å²) in [5, 5.41) is 26.8. The number of benzene rings is 3. The number of allylic oxidation sites excluding steroid dienone is 2. The van der Waals surface area contributed by atoms with E-state index in [-0.39, 0.29) is 5.57 Å². The monoisotopic (exact) mass is 539 g/mol. The van der Waals surface area contributed by atoms with Gasteiger partial charge in [0.25, 0.3) is 0 Å². The average molecular weight is 540 g/mol. The minimum Gasteiger partial charge on any atom is -0.481 e. The van der Waals surface area contributed by atoms with Gasteiger partial charge in [0.05, 0.1) is 20.4 Å². The van der Waals surface area contributed by atoms with E-state index in [0.29, 0.717) is 5.76 Å². The number of nitrogens with zero attached hydrogens (tertiary/aromatic N) is 3. The minimum atomic E-state index is -0.647. The number of para-hydroxylation sites is 1. The maximum Gasteiger partial charge on any atom is 0.171 e. The molecule has 7 aromatic rings. The van der Waals surface area contributed by atoms with Gasteiger partial charge in [-0.15, -0.1) is 22.7 Å². The number of hydrogen-bond donors (Lipinski definition) is 0. The smallest absolute Gasteiger partial charge is 0.171 e. The molecule has 0 N–H and O–H groups in total. The Morgan fingerprint density at radius 2 is 1.62 bits per heavy atom. The van der Waals surface area contributed by atoms with Crippen LogP contribution in [-0.4, -0.2) is 10.0 Å². The average Bonchev–Trinajstić information content (AvgIpc) is 3.62. The van der Waals surface area contributed by atoms with Gasteiger partial charge < -0.3 is 4.74 Å². The zero-order valence-corrected chi connectivity index (χ0v) is 23.4. The number of aryl methyl sites for hydroxylation is 1. The molecular formula is C33H21N3OS2. The predicted molar refractivity (Wildman–Crippen MR) is 163 cm³/mol. The Hall–Kier alpha value is -4.36. The third-order valence-corrected chi connectivity index (χ3v) is 11.0. The second kappa shape index (κ2) is 7.39. The summed E-state index contributed by atoms with van der Waals surface area (Å²) in [5.41, 5.74) is 5.06. The van der Waals surface area contributed by atoms with Gasteiger partial charge in [0.15, 0.2) is 11.3 Å². The molecule has 0 saturated heterocycles. The number of ether oxygens (including phenoxy) is 1. The van der Waals surface area contributed by atoms with Crippen molar-refractivity contribution in [3.05, 3.63) is 81.9 Å². The quantitative estimate of drug-likeness (QED) is 0.195. The second-order valence-electron chi connectivity index (χ2n) is 10.8. The van der Waals surface area contributed by atoms with Crippen LogP contribution in [0.25, 0.3) is 63.2 Å². The van der Waals surface area contributed by atoms with Crippen molar-refractivity contribution in [2.45, 2.75) is 33.3 Å². The van der Waals surface area contributed by atoms with Crippen LogP contribution < -0.4 is 0 Å². The first-order valence-corrected chi connectivity index (χ1v) is 14.5. The number of pyridine rings is 1. The van der Waals surface area contributed by atoms with Crippen LogP contribution in [0.2, 0.25) is 0 Å². The van der Waals surface area contributed by atoms with Crippen LogP contribution >= 0.6 is 22.7 Å². The number of fused-ring (bicyclic) bond motifs is 8. The molecule has 0 fully saturated rings. The van der Waals surface area contributed by atoms with Crippen molar-refractivity contribution in [2.24, 2.45) is 0 Å². The Bertz CT molecular complexity index is 2360. The molecule has 0 amide bonds. The molecule has 0 saturated carbocycles. The number of nitriles is 2. The first-order valence-electron chi connectivity index (χ1n) is 12.8. The Balaban J connectivity index is 1.55. The van der Waals surface area contributed by atoms with Gasteiger partial charge in [-0.2, -0.15) is 10.5 Å². The maximum absolute atomic E-state index is 9.54. The van der Waals surface area contributed by atoms with Crippen LogP contribution in [0.4, 0.5) is 0 Å². The summed E-state index contributed by atoms with van der Waals surface area (Å²) < 4.78 is 11.3. The number of thiophene rings is 2. The van der Waals surface area contributed by atoms with Crippen LogP contribution in [0.5, 0.6) is 0 Å². The first kappa shape index (κ1) is 22.6. The number of hydrogen-bond acceptors (Lipinski definition) is 5. The number of aromatic nitrogens is 1. The summed E-state index contributed by atoms with van der Waals surface area (Å²) in [6.45, 7) is 8.21. The molecule has 8 rings (SSSR count). The molecule has 186 valence electrons. The SMILES string of the molecule is CC1=C(c2sc3c(sc4c3c3cccc5ccc6c7ccccc7n4c6c53)c2C)C(C)(C)OC1=C(C#N)C#N. The summed E-state index contributed by atoms with van der Waals surface area (Å²) in [6.07, 6.45) is 0. The highest BCUT2D eigenvalue weighted by Gasteiger charge is 2.40. The van der Waals surface area contributed by atoms with Crippen molar-refractivity contribution in [2.75, 3.05) is 0 Å². The molecule has 4 aromatic heterocycles. The lowest BCUT2D eigenvalue weighted by molar-refractivity contribution is 0.109. The van der Waals surface area contributed by atoms with E-state index in [1.54, 1.807) is 11.3 Å². The lowest BCUT2D eigenvalue weighted by Crippen LogP contribution is -2.20. The molecule has 0 spiro atoms. The molecule has 6 heteroatoms. The van der Waals surface area contributed by atoms with Gasteiger partial charge in [-0.3, -0.25) is 4.40 Å². The highest BCUT2D eigenvalue weighted by Crippen LogP contribution is 2.54. The highest BCUT2D eigenvalue weighted by atomic mass is 32.1. The molecule has 4 nitrogen and oxygen atoms in total. The summed E-state index contributed by atoms with van der Waals surface area (Å²) in [6, 6.07) is 23.9. The van der Waals surface area contributed by atoms with Crippen LogP contribution in [0, 0.1) is 29.6 Å². The van der Waals surface area contributed by atoms with Crippen molar-refractivity contribution < 1.29 is 4.74 Å². The van der Waals surface area contributed by atoms with Gasteiger partial charge in [0, 0.05) is 37.6 Å². The summed E-state index contributed by atoms with van der Waals surface area (Å²) >= 11 is 3.66. The standard InChI is InChI=1S/C33H21N3OS2/c1-16-26(33(3,4)37-28(16)19(14-34)15-35)29-17(2)30-31(38-29)25-22-10-7-8-18-12-13-21-20-9-5-6-11-23(20)36(32(25)39-30)27(21)24(18)22/h5-13H,1-4H3. The van der Waals surface area contributed by atoms with E-state index >= 15 is 0 Å². The fraction of sp³-hybridized carbons (Fsp3) is 0.152. The van der Waals surface area contributed by atoms with Gasteiger partial charge in [-0.1, -0.05) is 48.5 Å². The molecule has 0 bridgehead atoms. The third-order valence-electron chi connectivity index (χ3n) is 8.23. The van der Waals surface area contributed by atoms with Crippen LogP contribution in [0.15, 0.2) is 71.5 Å². The predicted octanol–water partition coefficient (Wildman–Crippen LogP) is 9.46. The fourth-order valence-corrected chi connectivity index (χ4v) is 9.80. The molecule has 5 heterocycles. The summed E-state index contributed by atoms with van der Waals surface area (Å²) in [5.74, 6) is 0.401. The van der Waals surface area contributed by atoms with Gasteiger partial charge in [-0.25, -0.2) is 0 Å². The summed E-state index contributed by atoms with van der Waals surface area (Å²) in [7, 11) is 0. The zero-order chi connectivity index (χ0) is 26.8. The summed E-state index contributed by atoms with van der Waals surface area (Å²) in [4.78, 5) is 2.44. The van der Waals surface area contributed by atoms with Gasteiger partial charge >= 0.3 is 0 Å². The Kier molecular flexibility index (Phi) is 4.28. The van der Waals surface area contributed by atoms with Crippen molar-refractivity contribution in [3.8, 4) is 12.1 Å². The highest BCUT2D eigenvalue weighted by molar-refractivity contribution is 7.33. The first-order chi connectivity index (χ1) is 18.9. The zero-order valence-electron chi connectivity index (χ0n) is 21.8. The fourth-order valence-electron chi connectivity index (χ4n) is 6.67. The van der Waals surface area contributed by atoms with E-state index in [1.807, 2.05) is 44.2 Å². The van der Waals surface area contributed by atoms with E-state index in [2.05, 4.69) is 65.9 Å². The van der Waals surface area contributed by atoms with Crippen molar-refractivity contribution in [3.63, 3.8) is 0 Å². The normalized spacial score (nSPS) is 15.4. The van der Waals surface area contributed by atoms with E-state index in [9.17, 15) is 10.5 Å². The van der Waals surface area contributed by atoms with E-state index in [4.69, 9.17) is 4.74 Å². The molecule has 0 aliphatic carbocycles. The minimum absolute atomic E-state index is 0.0239.